The summed E-state index contributed by atoms with van der Waals surface area (Å²) in [5.74, 6) is 0.821. The van der Waals surface area contributed by atoms with Crippen LogP contribution in [0.1, 0.15) is 45.4 Å². The van der Waals surface area contributed by atoms with Gasteiger partial charge in [-0.3, -0.25) is 4.79 Å². The number of likely N-dealkylation sites (tertiary alicyclic amines) is 1. The molecule has 1 amide bonds. The molecule has 6 nitrogen and oxygen atoms in total. The van der Waals surface area contributed by atoms with E-state index in [1.807, 2.05) is 11.8 Å². The van der Waals surface area contributed by atoms with E-state index in [0.29, 0.717) is 18.8 Å². The molecule has 0 saturated carbocycles. The predicted octanol–water partition coefficient (Wildman–Crippen LogP) is 2.37. The average molecular weight is 383 g/mol. The Hall–Kier alpha value is -1.60. The molecule has 2 N–H and O–H groups in total. The highest BCUT2D eigenvalue weighted by atomic mass is 32.2. The van der Waals surface area contributed by atoms with Crippen LogP contribution in [0.4, 0.5) is 0 Å². The van der Waals surface area contributed by atoms with Gasteiger partial charge in [0.2, 0.25) is 5.91 Å². The van der Waals surface area contributed by atoms with E-state index in [-0.39, 0.29) is 22.9 Å². The summed E-state index contributed by atoms with van der Waals surface area (Å²) >= 11 is 0. The predicted molar refractivity (Wildman–Crippen MR) is 102 cm³/mol. The largest absolute Gasteiger partial charge is 0.494 e. The van der Waals surface area contributed by atoms with Crippen molar-refractivity contribution in [3.05, 3.63) is 24.3 Å². The van der Waals surface area contributed by atoms with Crippen molar-refractivity contribution in [3.63, 3.8) is 0 Å². The Morgan fingerprint density at radius 3 is 2.58 bits per heavy atom. The maximum Gasteiger partial charge on any atom is 0.222 e. The number of unbranched alkanes of at least 4 members (excludes halogenated alkanes) is 1. The third-order valence-corrected chi connectivity index (χ3v) is 5.91. The van der Waals surface area contributed by atoms with E-state index in [0.717, 1.165) is 38.6 Å². The third-order valence-electron chi connectivity index (χ3n) is 4.78. The lowest BCUT2D eigenvalue weighted by Crippen LogP contribution is -2.51. The molecule has 0 aromatic heterocycles. The van der Waals surface area contributed by atoms with Gasteiger partial charge in [-0.2, -0.15) is 0 Å². The molecule has 26 heavy (non-hydrogen) atoms. The molecule has 1 aliphatic heterocycles. The second-order valence-corrected chi connectivity index (χ2v) is 9.07. The molecule has 0 aliphatic carbocycles. The van der Waals surface area contributed by atoms with Gasteiger partial charge < -0.3 is 15.4 Å². The van der Waals surface area contributed by atoms with Gasteiger partial charge in [-0.15, -0.1) is 0 Å². The Bertz CT molecular complexity index is 686. The lowest BCUT2D eigenvalue weighted by atomic mass is 9.96. The van der Waals surface area contributed by atoms with E-state index in [9.17, 15) is 13.2 Å². The van der Waals surface area contributed by atoms with Gasteiger partial charge in [-0.1, -0.05) is 0 Å². The summed E-state index contributed by atoms with van der Waals surface area (Å²) in [5, 5.41) is 0. The fourth-order valence-corrected chi connectivity index (χ4v) is 3.94. The number of nitrogens with two attached hydrogens (primary N) is 1. The first-order valence-corrected chi connectivity index (χ1v) is 11.2. The van der Waals surface area contributed by atoms with Crippen molar-refractivity contribution < 1.29 is 17.9 Å². The molecule has 7 heteroatoms. The zero-order chi connectivity index (χ0) is 19.2. The van der Waals surface area contributed by atoms with Crippen LogP contribution < -0.4 is 10.5 Å². The number of rotatable bonds is 8. The Morgan fingerprint density at radius 1 is 1.27 bits per heavy atom. The minimum absolute atomic E-state index is 0.0116. The maximum atomic E-state index is 12.5. The van der Waals surface area contributed by atoms with E-state index in [2.05, 4.69) is 0 Å². The monoisotopic (exact) mass is 382 g/mol. The molecular formula is C19H30N2O4S. The van der Waals surface area contributed by atoms with Gasteiger partial charge in [0.15, 0.2) is 9.84 Å². The molecule has 2 unspecified atom stereocenters. The zero-order valence-electron chi connectivity index (χ0n) is 15.7. The highest BCUT2D eigenvalue weighted by molar-refractivity contribution is 7.90. The Morgan fingerprint density at radius 2 is 1.96 bits per heavy atom. The molecule has 1 aliphatic rings. The number of ether oxygens (including phenoxy) is 1. The van der Waals surface area contributed by atoms with Crippen molar-refractivity contribution in [1.82, 2.24) is 4.90 Å². The van der Waals surface area contributed by atoms with Crippen LogP contribution in [0.25, 0.3) is 0 Å². The van der Waals surface area contributed by atoms with Gasteiger partial charge in [-0.05, 0) is 63.3 Å². The normalized spacial score (nSPS) is 19.2. The van der Waals surface area contributed by atoms with Crippen LogP contribution in [-0.2, 0) is 14.6 Å². The summed E-state index contributed by atoms with van der Waals surface area (Å²) in [6.45, 7) is 3.29. The minimum Gasteiger partial charge on any atom is -0.494 e. The summed E-state index contributed by atoms with van der Waals surface area (Å²) in [4.78, 5) is 14.7. The van der Waals surface area contributed by atoms with Crippen LogP contribution in [0.15, 0.2) is 29.2 Å². The molecule has 1 fully saturated rings. The van der Waals surface area contributed by atoms with Crippen LogP contribution in [0.3, 0.4) is 0 Å². The first kappa shape index (κ1) is 20.7. The Kier molecular flexibility index (Phi) is 7.46. The number of sulfone groups is 1. The average Bonchev–Trinajstić information content (AvgIpc) is 2.61. The number of amides is 1. The standard InChI is InChI=1S/C19H30N2O4S/c1-15(20)18-7-3-5-13-21(18)19(22)8-4-6-14-25-16-9-11-17(12-10-16)26(2,23)24/h9-12,15,18H,3-8,13-14,20H2,1-2H3. The van der Waals surface area contributed by atoms with E-state index in [1.54, 1.807) is 24.3 Å². The minimum atomic E-state index is -3.19. The number of piperidine rings is 1. The van der Waals surface area contributed by atoms with Crippen molar-refractivity contribution in [2.45, 2.75) is 62.4 Å². The van der Waals surface area contributed by atoms with Gasteiger partial charge >= 0.3 is 0 Å². The number of nitrogens with zero attached hydrogens (tertiary/aromatic N) is 1. The molecule has 0 radical (unpaired) electrons. The fourth-order valence-electron chi connectivity index (χ4n) is 3.31. The van der Waals surface area contributed by atoms with E-state index < -0.39 is 9.84 Å². The zero-order valence-corrected chi connectivity index (χ0v) is 16.5. The lowest BCUT2D eigenvalue weighted by Gasteiger charge is -2.38. The molecular weight excluding hydrogens is 352 g/mol. The number of carbonyl (C=O) groups is 1. The van der Waals surface area contributed by atoms with Crippen LogP contribution in [-0.4, -0.2) is 50.7 Å². The molecule has 2 rings (SSSR count). The lowest BCUT2D eigenvalue weighted by molar-refractivity contribution is -0.135. The second kappa shape index (κ2) is 9.37. The Balaban J connectivity index is 1.70. The molecule has 146 valence electrons. The maximum absolute atomic E-state index is 12.5. The number of hydrogen-bond donors (Lipinski definition) is 1. The SMILES string of the molecule is CC(N)C1CCCCN1C(=O)CCCCOc1ccc(S(C)(=O)=O)cc1. The van der Waals surface area contributed by atoms with Crippen LogP contribution in [0.2, 0.25) is 0 Å². The molecule has 1 aromatic rings. The topological polar surface area (TPSA) is 89.7 Å². The molecule has 1 aromatic carbocycles. The molecule has 1 heterocycles. The van der Waals surface area contributed by atoms with Crippen LogP contribution >= 0.6 is 0 Å². The van der Waals surface area contributed by atoms with Crippen molar-refractivity contribution in [2.24, 2.45) is 5.73 Å². The van der Waals surface area contributed by atoms with Gasteiger partial charge in [0.25, 0.3) is 0 Å². The molecule has 0 bridgehead atoms. The van der Waals surface area contributed by atoms with Crippen molar-refractivity contribution >= 4 is 15.7 Å². The van der Waals surface area contributed by atoms with Gasteiger partial charge in [0.1, 0.15) is 5.75 Å². The summed E-state index contributed by atoms with van der Waals surface area (Å²) in [6, 6.07) is 6.57. The van der Waals surface area contributed by atoms with Crippen molar-refractivity contribution in [1.29, 1.82) is 0 Å². The number of carbonyl (C=O) groups excluding carboxylic acids is 1. The number of benzene rings is 1. The third kappa shape index (κ3) is 5.99. The quantitative estimate of drug-likeness (QED) is 0.697. The molecule has 0 spiro atoms. The summed E-state index contributed by atoms with van der Waals surface area (Å²) in [7, 11) is -3.19. The first-order chi connectivity index (χ1) is 12.3. The van der Waals surface area contributed by atoms with Gasteiger partial charge in [-0.25, -0.2) is 8.42 Å². The Labute approximate surface area is 156 Å². The summed E-state index contributed by atoms with van der Waals surface area (Å²) in [6.07, 6.45) is 6.43. The molecule has 2 atom stereocenters. The number of hydrogen-bond acceptors (Lipinski definition) is 5. The van der Waals surface area contributed by atoms with E-state index in [1.165, 1.54) is 6.26 Å². The van der Waals surface area contributed by atoms with Crippen molar-refractivity contribution in [2.75, 3.05) is 19.4 Å². The fraction of sp³-hybridized carbons (Fsp3) is 0.632. The first-order valence-electron chi connectivity index (χ1n) is 9.27. The van der Waals surface area contributed by atoms with E-state index in [4.69, 9.17) is 10.5 Å². The summed E-state index contributed by atoms with van der Waals surface area (Å²) < 4.78 is 28.5. The second-order valence-electron chi connectivity index (χ2n) is 7.06. The highest BCUT2D eigenvalue weighted by Crippen LogP contribution is 2.21. The van der Waals surface area contributed by atoms with Crippen LogP contribution in [0, 0.1) is 0 Å². The van der Waals surface area contributed by atoms with Gasteiger partial charge in [0, 0.05) is 31.3 Å². The smallest absolute Gasteiger partial charge is 0.222 e. The van der Waals surface area contributed by atoms with E-state index >= 15 is 0 Å². The highest BCUT2D eigenvalue weighted by Gasteiger charge is 2.28. The molecule has 1 saturated heterocycles. The summed E-state index contributed by atoms with van der Waals surface area (Å²) in [5.41, 5.74) is 6.02. The van der Waals surface area contributed by atoms with Gasteiger partial charge in [0.05, 0.1) is 11.5 Å². The van der Waals surface area contributed by atoms with Crippen LogP contribution in [0.5, 0.6) is 5.75 Å². The van der Waals surface area contributed by atoms with Crippen molar-refractivity contribution in [3.8, 4) is 5.75 Å².